The molecule has 0 saturated heterocycles. The lowest BCUT2D eigenvalue weighted by molar-refractivity contribution is 0.414. The van der Waals surface area contributed by atoms with Gasteiger partial charge in [-0.2, -0.15) is 0 Å². The number of ether oxygens (including phenoxy) is 1. The fraction of sp³-hybridized carbons (Fsp3) is 0.280. The summed E-state index contributed by atoms with van der Waals surface area (Å²) in [5.41, 5.74) is 10.4. The fourth-order valence-corrected chi connectivity index (χ4v) is 3.71. The van der Waals surface area contributed by atoms with Crippen molar-refractivity contribution in [2.24, 2.45) is 0 Å². The molecule has 0 aliphatic rings. The molecule has 0 bridgehead atoms. The van der Waals surface area contributed by atoms with Gasteiger partial charge in [-0.1, -0.05) is 55.8 Å². The largest absolute Gasteiger partial charge is 0.497 e. The highest BCUT2D eigenvalue weighted by Crippen LogP contribution is 2.27. The number of unbranched alkanes of at least 4 members (excludes halogenated alkanes) is 1. The fourth-order valence-electron chi connectivity index (χ4n) is 3.71. The number of hydrogen-bond donors (Lipinski definition) is 2. The first kappa shape index (κ1) is 20.7. The second-order valence-electron chi connectivity index (χ2n) is 7.67. The molecule has 0 radical (unpaired) electrons. The number of nitrogens with one attached hydrogen (secondary N) is 1. The smallest absolute Gasteiger partial charge is 0.156 e. The average molecular weight is 416 g/mol. The average Bonchev–Trinajstić information content (AvgIpc) is 3.14. The van der Waals surface area contributed by atoms with Gasteiger partial charge in [-0.05, 0) is 29.7 Å². The lowest BCUT2D eigenvalue weighted by Crippen LogP contribution is -2.06. The van der Waals surface area contributed by atoms with Gasteiger partial charge < -0.3 is 20.4 Å². The van der Waals surface area contributed by atoms with Crippen LogP contribution in [0, 0.1) is 0 Å². The maximum Gasteiger partial charge on any atom is 0.156 e. The van der Waals surface area contributed by atoms with E-state index in [2.05, 4.69) is 46.1 Å². The number of methoxy groups -OCH3 is 1. The molecule has 0 saturated carbocycles. The highest BCUT2D eigenvalue weighted by molar-refractivity contribution is 5.88. The summed E-state index contributed by atoms with van der Waals surface area (Å²) < 4.78 is 7.51. The van der Waals surface area contributed by atoms with E-state index >= 15 is 0 Å². The summed E-state index contributed by atoms with van der Waals surface area (Å²) in [6, 6.07) is 20.4. The van der Waals surface area contributed by atoms with Crippen molar-refractivity contribution in [3.05, 3.63) is 77.6 Å². The third-order valence-electron chi connectivity index (χ3n) is 5.39. The summed E-state index contributed by atoms with van der Waals surface area (Å²) in [4.78, 5) is 9.55. The minimum absolute atomic E-state index is 0.487. The van der Waals surface area contributed by atoms with E-state index in [9.17, 15) is 0 Å². The molecule has 4 aromatic rings. The van der Waals surface area contributed by atoms with E-state index < -0.39 is 0 Å². The van der Waals surface area contributed by atoms with Gasteiger partial charge in [-0.15, -0.1) is 0 Å². The van der Waals surface area contributed by atoms with E-state index in [1.54, 1.807) is 7.11 Å². The van der Waals surface area contributed by atoms with Crippen LogP contribution in [0.1, 0.15) is 36.7 Å². The van der Waals surface area contributed by atoms with E-state index in [1.165, 1.54) is 5.56 Å². The summed E-state index contributed by atoms with van der Waals surface area (Å²) in [7, 11) is 1.67. The zero-order valence-electron chi connectivity index (χ0n) is 18.1. The van der Waals surface area contributed by atoms with Gasteiger partial charge in [0.15, 0.2) is 5.82 Å². The number of aryl methyl sites for hydroxylation is 1. The third-order valence-corrected chi connectivity index (χ3v) is 5.39. The van der Waals surface area contributed by atoms with Crippen molar-refractivity contribution >= 4 is 22.7 Å². The van der Waals surface area contributed by atoms with Gasteiger partial charge in [0.1, 0.15) is 22.9 Å². The van der Waals surface area contributed by atoms with Crippen LogP contribution in [0.4, 0.5) is 11.6 Å². The Morgan fingerprint density at radius 1 is 1.00 bits per heavy atom. The van der Waals surface area contributed by atoms with E-state index in [1.807, 2.05) is 36.4 Å². The molecular weight excluding hydrogens is 386 g/mol. The Morgan fingerprint density at radius 3 is 2.48 bits per heavy atom. The Bertz CT molecular complexity index is 1140. The maximum absolute atomic E-state index is 6.19. The Kier molecular flexibility index (Phi) is 6.36. The quantitative estimate of drug-likeness (QED) is 0.401. The maximum atomic E-state index is 6.19. The van der Waals surface area contributed by atoms with Crippen molar-refractivity contribution in [2.75, 3.05) is 18.2 Å². The number of rotatable bonds is 9. The molecule has 0 fully saturated rings. The van der Waals surface area contributed by atoms with Crippen molar-refractivity contribution in [1.82, 2.24) is 14.5 Å². The molecule has 0 atom stereocenters. The highest BCUT2D eigenvalue weighted by atomic mass is 16.5. The van der Waals surface area contributed by atoms with Crippen molar-refractivity contribution < 1.29 is 4.74 Å². The molecule has 0 aliphatic heterocycles. The van der Waals surface area contributed by atoms with Gasteiger partial charge in [0.25, 0.3) is 0 Å². The van der Waals surface area contributed by atoms with Crippen LogP contribution >= 0.6 is 0 Å². The molecule has 0 spiro atoms. The Morgan fingerprint density at radius 2 is 1.77 bits per heavy atom. The summed E-state index contributed by atoms with van der Waals surface area (Å²) in [6.07, 6.45) is 3.14. The lowest BCUT2D eigenvalue weighted by atomic mass is 10.2. The van der Waals surface area contributed by atoms with Gasteiger partial charge in [0, 0.05) is 25.6 Å². The molecule has 6 heteroatoms. The molecule has 0 unspecified atom stereocenters. The molecule has 6 nitrogen and oxygen atoms in total. The van der Waals surface area contributed by atoms with E-state index in [4.69, 9.17) is 15.5 Å². The van der Waals surface area contributed by atoms with Crippen molar-refractivity contribution in [3.63, 3.8) is 0 Å². The highest BCUT2D eigenvalue weighted by Gasteiger charge is 2.16. The molecule has 2 heterocycles. The van der Waals surface area contributed by atoms with Gasteiger partial charge in [0.05, 0.1) is 12.6 Å². The molecule has 2 aromatic heterocycles. The normalized spacial score (nSPS) is 11.0. The van der Waals surface area contributed by atoms with Crippen LogP contribution in [0.3, 0.4) is 0 Å². The predicted octanol–water partition coefficient (Wildman–Crippen LogP) is 5.03. The predicted molar refractivity (Wildman–Crippen MR) is 126 cm³/mol. The number of imidazole rings is 1. The van der Waals surface area contributed by atoms with E-state index in [0.717, 1.165) is 59.8 Å². The number of anilines is 2. The Hall–Kier alpha value is -3.54. The van der Waals surface area contributed by atoms with Crippen molar-refractivity contribution in [2.45, 2.75) is 39.3 Å². The monoisotopic (exact) mass is 415 g/mol. The minimum atomic E-state index is 0.487. The van der Waals surface area contributed by atoms with Crippen LogP contribution in [0.5, 0.6) is 5.75 Å². The number of hydrogen-bond acceptors (Lipinski definition) is 5. The number of fused-ring (bicyclic) bond motifs is 1. The Balaban J connectivity index is 1.68. The number of pyridine rings is 1. The van der Waals surface area contributed by atoms with Crippen LogP contribution in [-0.2, 0) is 19.5 Å². The molecule has 4 rings (SSSR count). The topological polar surface area (TPSA) is 78.0 Å². The zero-order chi connectivity index (χ0) is 21.6. The van der Waals surface area contributed by atoms with Gasteiger partial charge in [-0.3, -0.25) is 0 Å². The van der Waals surface area contributed by atoms with Crippen molar-refractivity contribution in [3.8, 4) is 5.75 Å². The second-order valence-corrected chi connectivity index (χ2v) is 7.67. The summed E-state index contributed by atoms with van der Waals surface area (Å²) >= 11 is 0. The molecule has 160 valence electrons. The molecule has 0 aliphatic carbocycles. The third kappa shape index (κ3) is 4.79. The molecule has 31 heavy (non-hydrogen) atoms. The van der Waals surface area contributed by atoms with E-state index in [0.29, 0.717) is 12.4 Å². The number of nitrogens with zero attached hydrogens (tertiary/aromatic N) is 3. The van der Waals surface area contributed by atoms with Crippen LogP contribution in [-0.4, -0.2) is 21.6 Å². The molecule has 2 aromatic carbocycles. The standard InChI is InChI=1S/C25H29N5O/c1-3-4-10-23-29-24-21(30(23)17-19-8-6-5-7-9-19)15-22(26)28-25(24)27-16-18-11-13-20(31-2)14-12-18/h5-9,11-15H,3-4,10,16-17H2,1-2H3,(H3,26,27,28). The lowest BCUT2D eigenvalue weighted by Gasteiger charge is -2.11. The van der Waals surface area contributed by atoms with E-state index in [-0.39, 0.29) is 0 Å². The zero-order valence-corrected chi connectivity index (χ0v) is 18.1. The first-order valence-corrected chi connectivity index (χ1v) is 10.7. The second kappa shape index (κ2) is 9.51. The van der Waals surface area contributed by atoms with Crippen LogP contribution in [0.25, 0.3) is 11.0 Å². The van der Waals surface area contributed by atoms with Gasteiger partial charge in [-0.25, -0.2) is 9.97 Å². The number of benzene rings is 2. The van der Waals surface area contributed by atoms with Gasteiger partial charge >= 0.3 is 0 Å². The van der Waals surface area contributed by atoms with Crippen LogP contribution in [0.15, 0.2) is 60.7 Å². The first-order valence-electron chi connectivity index (χ1n) is 10.7. The Labute approximate surface area is 183 Å². The van der Waals surface area contributed by atoms with Crippen LogP contribution < -0.4 is 15.8 Å². The summed E-state index contributed by atoms with van der Waals surface area (Å²) in [5, 5.41) is 3.44. The number of nitrogens with two attached hydrogens (primary N) is 1. The number of aromatic nitrogens is 3. The first-order chi connectivity index (χ1) is 15.2. The van der Waals surface area contributed by atoms with Crippen LogP contribution in [0.2, 0.25) is 0 Å². The number of nitrogen functional groups attached to an aromatic ring is 1. The summed E-state index contributed by atoms with van der Waals surface area (Å²) in [6.45, 7) is 3.59. The van der Waals surface area contributed by atoms with Gasteiger partial charge in [0.2, 0.25) is 0 Å². The SMILES string of the molecule is CCCCc1nc2c(NCc3ccc(OC)cc3)nc(N)cc2n1Cc1ccccc1. The molecule has 0 amide bonds. The van der Waals surface area contributed by atoms with Crippen molar-refractivity contribution in [1.29, 1.82) is 0 Å². The molecular formula is C25H29N5O. The minimum Gasteiger partial charge on any atom is -0.497 e. The molecule has 3 N–H and O–H groups in total. The summed E-state index contributed by atoms with van der Waals surface area (Å²) in [5.74, 6) is 3.12.